The summed E-state index contributed by atoms with van der Waals surface area (Å²) in [6.45, 7) is 1.91. The predicted molar refractivity (Wildman–Crippen MR) is 99.1 cm³/mol. The zero-order chi connectivity index (χ0) is 19.3. The summed E-state index contributed by atoms with van der Waals surface area (Å²) >= 11 is 0. The first kappa shape index (κ1) is 20.2. The molecule has 1 heterocycles. The number of hydrogen-bond acceptors (Lipinski definition) is 3. The van der Waals surface area contributed by atoms with E-state index in [0.717, 1.165) is 11.8 Å². The van der Waals surface area contributed by atoms with Crippen LogP contribution in [0.4, 0.5) is 0 Å². The number of aromatic amines is 1. The number of H-pyrrole nitrogens is 1. The maximum atomic E-state index is 13.3. The van der Waals surface area contributed by atoms with Crippen molar-refractivity contribution in [2.75, 3.05) is 0 Å². The van der Waals surface area contributed by atoms with Crippen LogP contribution in [0.2, 0.25) is 0 Å². The Morgan fingerprint density at radius 3 is 2.46 bits per heavy atom. The lowest BCUT2D eigenvalue weighted by atomic mass is 9.95. The van der Waals surface area contributed by atoms with E-state index in [0.29, 0.717) is 11.9 Å². The molecule has 0 radical (unpaired) electrons. The molecular weight excluding hydrogens is 357 g/mol. The average Bonchev–Trinajstić information content (AvgIpc) is 3.02. The minimum atomic E-state index is -4.06. The Labute approximate surface area is 151 Å². The molecule has 0 amide bonds. The predicted octanol–water partition coefficient (Wildman–Crippen LogP) is 3.19. The van der Waals surface area contributed by atoms with Gasteiger partial charge in [0.2, 0.25) is 7.37 Å². The van der Waals surface area contributed by atoms with E-state index in [1.54, 1.807) is 24.3 Å². The Hall–Kier alpha value is -2.11. The fourth-order valence-corrected chi connectivity index (χ4v) is 5.46. The van der Waals surface area contributed by atoms with Crippen LogP contribution in [0.15, 0.2) is 30.3 Å². The largest absolute Gasteiger partial charge is 0.481 e. The zero-order valence-electron chi connectivity index (χ0n) is 14.6. The van der Waals surface area contributed by atoms with Gasteiger partial charge >= 0.3 is 11.9 Å². The second-order valence-corrected chi connectivity index (χ2v) is 8.84. The van der Waals surface area contributed by atoms with Crippen molar-refractivity contribution in [1.82, 2.24) is 4.98 Å². The summed E-state index contributed by atoms with van der Waals surface area (Å²) in [5.41, 5.74) is -0.225. The second-order valence-electron chi connectivity index (χ2n) is 6.45. The minimum absolute atomic E-state index is 0.112. The zero-order valence-corrected chi connectivity index (χ0v) is 15.5. The number of aliphatic carboxylic acids is 2. The lowest BCUT2D eigenvalue weighted by molar-refractivity contribution is -0.143. The summed E-state index contributed by atoms with van der Waals surface area (Å²) in [4.78, 5) is 36.4. The molecule has 4 N–H and O–H groups in total. The molecule has 0 fully saturated rings. The molecule has 8 heteroatoms. The van der Waals surface area contributed by atoms with Crippen LogP contribution in [0, 0.1) is 5.92 Å². The Morgan fingerprint density at radius 1 is 1.19 bits per heavy atom. The molecule has 0 spiro atoms. The highest BCUT2D eigenvalue weighted by atomic mass is 31.2. The SMILES string of the molecule is CCCCC(C(CCC(=O)O)C(=O)O)P(=O)(O)c1cc2ccccc2[nH]1. The van der Waals surface area contributed by atoms with E-state index < -0.39 is 30.9 Å². The smallest absolute Gasteiger partial charge is 0.307 e. The molecule has 0 aliphatic rings. The highest BCUT2D eigenvalue weighted by molar-refractivity contribution is 7.66. The van der Waals surface area contributed by atoms with Gasteiger partial charge in [-0.1, -0.05) is 38.0 Å². The van der Waals surface area contributed by atoms with Crippen LogP contribution >= 0.6 is 7.37 Å². The molecule has 1 aromatic heterocycles. The monoisotopic (exact) mass is 381 g/mol. The Morgan fingerprint density at radius 2 is 1.88 bits per heavy atom. The molecule has 0 bridgehead atoms. The number of benzene rings is 1. The van der Waals surface area contributed by atoms with E-state index >= 15 is 0 Å². The first-order chi connectivity index (χ1) is 12.3. The number of aromatic nitrogens is 1. The van der Waals surface area contributed by atoms with Crippen LogP contribution in [0.1, 0.15) is 39.0 Å². The van der Waals surface area contributed by atoms with Crippen molar-refractivity contribution in [2.45, 2.75) is 44.7 Å². The number of hydrogen-bond donors (Lipinski definition) is 4. The Kier molecular flexibility index (Phi) is 6.62. The van der Waals surface area contributed by atoms with Gasteiger partial charge in [0.05, 0.1) is 11.6 Å². The standard InChI is InChI=1S/C18H24NO6P/c1-2-3-8-15(13(18(22)23)9-10-17(20)21)26(24,25)16-11-12-6-4-5-7-14(12)19-16/h4-7,11,13,15,19H,2-3,8-10H2,1H3,(H,20,21)(H,22,23)(H,24,25). The van der Waals surface area contributed by atoms with Crippen LogP contribution in [0.25, 0.3) is 10.9 Å². The number of carboxylic acid groups (broad SMARTS) is 2. The third kappa shape index (κ3) is 4.54. The van der Waals surface area contributed by atoms with Crippen molar-refractivity contribution in [3.63, 3.8) is 0 Å². The first-order valence-corrected chi connectivity index (χ1v) is 10.4. The molecule has 2 rings (SSSR count). The second kappa shape index (κ2) is 8.52. The van der Waals surface area contributed by atoms with Gasteiger partial charge < -0.3 is 20.1 Å². The third-order valence-electron chi connectivity index (χ3n) is 4.61. The lowest BCUT2D eigenvalue weighted by Crippen LogP contribution is -2.32. The number of carbonyl (C=O) groups is 2. The fraction of sp³-hybridized carbons (Fsp3) is 0.444. The highest BCUT2D eigenvalue weighted by Crippen LogP contribution is 2.51. The molecule has 7 nitrogen and oxygen atoms in total. The Balaban J connectivity index is 2.42. The van der Waals surface area contributed by atoms with Gasteiger partial charge in [0.15, 0.2) is 0 Å². The summed E-state index contributed by atoms with van der Waals surface area (Å²) in [5, 5.41) is 19.2. The molecule has 1 aromatic carbocycles. The molecule has 26 heavy (non-hydrogen) atoms. The van der Waals surface area contributed by atoms with Gasteiger partial charge in [-0.3, -0.25) is 14.2 Å². The molecule has 0 aliphatic heterocycles. The average molecular weight is 381 g/mol. The van der Waals surface area contributed by atoms with E-state index in [-0.39, 0.29) is 24.7 Å². The number of para-hydroxylation sites is 1. The molecule has 2 aromatic rings. The normalized spacial score (nSPS) is 16.1. The lowest BCUT2D eigenvalue weighted by Gasteiger charge is -2.27. The van der Waals surface area contributed by atoms with Gasteiger partial charge in [0, 0.05) is 17.3 Å². The number of nitrogens with one attached hydrogen (secondary N) is 1. The Bertz CT molecular complexity index is 797. The molecule has 0 saturated carbocycles. The fourth-order valence-electron chi connectivity index (χ4n) is 3.20. The van der Waals surface area contributed by atoms with Crippen molar-refractivity contribution in [1.29, 1.82) is 0 Å². The summed E-state index contributed by atoms with van der Waals surface area (Å²) in [6, 6.07) is 8.76. The van der Waals surface area contributed by atoms with Gasteiger partial charge in [0.25, 0.3) is 0 Å². The van der Waals surface area contributed by atoms with Crippen molar-refractivity contribution in [2.24, 2.45) is 5.92 Å². The number of fused-ring (bicyclic) bond motifs is 1. The van der Waals surface area contributed by atoms with Crippen LogP contribution in [0.3, 0.4) is 0 Å². The van der Waals surface area contributed by atoms with Gasteiger partial charge in [-0.25, -0.2) is 0 Å². The summed E-state index contributed by atoms with van der Waals surface area (Å²) in [6.07, 6.45) is 1.05. The molecule has 0 saturated heterocycles. The number of unbranched alkanes of at least 4 members (excludes halogenated alkanes) is 1. The number of carboxylic acids is 2. The van der Waals surface area contributed by atoms with E-state index in [9.17, 15) is 24.2 Å². The van der Waals surface area contributed by atoms with E-state index in [1.165, 1.54) is 0 Å². The topological polar surface area (TPSA) is 128 Å². The maximum Gasteiger partial charge on any atom is 0.307 e. The van der Waals surface area contributed by atoms with Crippen LogP contribution in [-0.4, -0.2) is 37.7 Å². The quantitative estimate of drug-likeness (QED) is 0.468. The molecule has 0 aliphatic carbocycles. The number of rotatable bonds is 10. The summed E-state index contributed by atoms with van der Waals surface area (Å²) in [5.74, 6) is -3.55. The minimum Gasteiger partial charge on any atom is -0.481 e. The molecule has 3 unspecified atom stereocenters. The first-order valence-electron chi connectivity index (χ1n) is 8.62. The van der Waals surface area contributed by atoms with E-state index in [4.69, 9.17) is 5.11 Å². The molecular formula is C18H24NO6P. The van der Waals surface area contributed by atoms with Crippen molar-refractivity contribution in [3.8, 4) is 0 Å². The third-order valence-corrected chi connectivity index (χ3v) is 7.06. The van der Waals surface area contributed by atoms with Gasteiger partial charge in [-0.05, 0) is 25.0 Å². The molecule has 3 atom stereocenters. The van der Waals surface area contributed by atoms with Crippen molar-refractivity contribution >= 4 is 35.6 Å². The summed E-state index contributed by atoms with van der Waals surface area (Å²) in [7, 11) is -4.06. The van der Waals surface area contributed by atoms with Crippen LogP contribution in [-0.2, 0) is 14.2 Å². The van der Waals surface area contributed by atoms with Gasteiger partial charge in [-0.2, -0.15) is 0 Å². The molecule has 142 valence electrons. The summed E-state index contributed by atoms with van der Waals surface area (Å²) < 4.78 is 13.3. The van der Waals surface area contributed by atoms with Crippen LogP contribution in [0.5, 0.6) is 0 Å². The van der Waals surface area contributed by atoms with E-state index in [1.807, 2.05) is 13.0 Å². The van der Waals surface area contributed by atoms with Crippen molar-refractivity contribution in [3.05, 3.63) is 30.3 Å². The van der Waals surface area contributed by atoms with Crippen molar-refractivity contribution < 1.29 is 29.3 Å². The van der Waals surface area contributed by atoms with Gasteiger partial charge in [0.1, 0.15) is 5.44 Å². The van der Waals surface area contributed by atoms with Crippen LogP contribution < -0.4 is 5.44 Å². The van der Waals surface area contributed by atoms with E-state index in [2.05, 4.69) is 4.98 Å². The van der Waals surface area contributed by atoms with Gasteiger partial charge in [-0.15, -0.1) is 0 Å². The highest BCUT2D eigenvalue weighted by Gasteiger charge is 2.42. The maximum absolute atomic E-state index is 13.3.